The van der Waals surface area contributed by atoms with Crippen molar-refractivity contribution in [3.8, 4) is 11.5 Å². The molecule has 0 saturated heterocycles. The van der Waals surface area contributed by atoms with Crippen molar-refractivity contribution in [3.05, 3.63) is 83.0 Å². The standard InChI is InChI=1S/C28H26O13/c1-15(2)25(33)37-9-11-39-27(35)19-7-5-17(13-21(19)23(29)30)41-18-6-8-20(22(14-18)24(31)32)28(36)40-12-10-38-26(34)16(3)4/h5-8,13-14H,1,3,9-12H2,2,4H3,(H,29,30)(H,31,32). The SMILES string of the molecule is C=C(C)C(=O)OCCOC(=O)c1ccc(Oc2ccc(C(=O)OCCOC(=O)C(=C)C)c(C(=O)O)c2)cc1C(=O)O. The Hall–Kier alpha value is -5.46. The number of carboxylic acid groups (broad SMARTS) is 2. The number of carboxylic acids is 2. The number of hydrogen-bond donors (Lipinski definition) is 2. The van der Waals surface area contributed by atoms with E-state index in [-0.39, 0.29) is 60.2 Å². The molecule has 0 amide bonds. The zero-order valence-corrected chi connectivity index (χ0v) is 22.1. The van der Waals surface area contributed by atoms with Crippen molar-refractivity contribution in [3.63, 3.8) is 0 Å². The Balaban J connectivity index is 2.13. The van der Waals surface area contributed by atoms with E-state index in [1.807, 2.05) is 0 Å². The molecule has 13 heteroatoms. The first-order chi connectivity index (χ1) is 19.3. The highest BCUT2D eigenvalue weighted by molar-refractivity contribution is 6.03. The van der Waals surface area contributed by atoms with Crippen LogP contribution < -0.4 is 4.74 Å². The summed E-state index contributed by atoms with van der Waals surface area (Å²) in [6.45, 7) is 8.51. The quantitative estimate of drug-likeness (QED) is 0.146. The van der Waals surface area contributed by atoms with Crippen LogP contribution in [0.2, 0.25) is 0 Å². The normalized spacial score (nSPS) is 10.1. The van der Waals surface area contributed by atoms with Gasteiger partial charge < -0.3 is 33.9 Å². The van der Waals surface area contributed by atoms with Crippen molar-refractivity contribution in [1.29, 1.82) is 0 Å². The lowest BCUT2D eigenvalue weighted by atomic mass is 10.1. The average Bonchev–Trinajstić information content (AvgIpc) is 2.92. The van der Waals surface area contributed by atoms with E-state index in [4.69, 9.17) is 23.7 Å². The third kappa shape index (κ3) is 9.35. The summed E-state index contributed by atoms with van der Waals surface area (Å²) in [5.74, 6) is -6.43. The first kappa shape index (κ1) is 31.8. The minimum atomic E-state index is -1.48. The molecule has 0 aliphatic heterocycles. The molecule has 13 nitrogen and oxygen atoms in total. The van der Waals surface area contributed by atoms with Crippen LogP contribution in [0.15, 0.2) is 60.7 Å². The second-order valence-electron chi connectivity index (χ2n) is 8.23. The molecule has 0 aromatic heterocycles. The maximum atomic E-state index is 12.4. The third-order valence-electron chi connectivity index (χ3n) is 4.91. The van der Waals surface area contributed by atoms with Gasteiger partial charge >= 0.3 is 35.8 Å². The summed E-state index contributed by atoms with van der Waals surface area (Å²) in [4.78, 5) is 71.0. The van der Waals surface area contributed by atoms with Gasteiger partial charge in [-0.15, -0.1) is 0 Å². The fraction of sp³-hybridized carbons (Fsp3) is 0.214. The monoisotopic (exact) mass is 570 g/mol. The first-order valence-electron chi connectivity index (χ1n) is 11.7. The smallest absolute Gasteiger partial charge is 0.339 e. The zero-order chi connectivity index (χ0) is 30.7. The van der Waals surface area contributed by atoms with Gasteiger partial charge in [-0.25, -0.2) is 28.8 Å². The Morgan fingerprint density at radius 2 is 0.927 bits per heavy atom. The Morgan fingerprint density at radius 3 is 1.24 bits per heavy atom. The summed E-state index contributed by atoms with van der Waals surface area (Å²) < 4.78 is 25.1. The van der Waals surface area contributed by atoms with Crippen LogP contribution in [-0.4, -0.2) is 72.5 Å². The second kappa shape index (κ2) is 14.6. The Labute approximate surface area is 233 Å². The molecule has 0 aliphatic rings. The molecular weight excluding hydrogens is 544 g/mol. The van der Waals surface area contributed by atoms with Crippen LogP contribution in [0.4, 0.5) is 0 Å². The molecule has 216 valence electrons. The van der Waals surface area contributed by atoms with Gasteiger partial charge in [-0.1, -0.05) is 13.2 Å². The van der Waals surface area contributed by atoms with Crippen LogP contribution in [-0.2, 0) is 28.5 Å². The number of benzene rings is 2. The Kier molecular flexibility index (Phi) is 11.3. The van der Waals surface area contributed by atoms with Gasteiger partial charge in [0.1, 0.15) is 37.9 Å². The van der Waals surface area contributed by atoms with E-state index in [0.29, 0.717) is 0 Å². The predicted molar refractivity (Wildman–Crippen MR) is 139 cm³/mol. The van der Waals surface area contributed by atoms with Crippen molar-refractivity contribution in [2.45, 2.75) is 13.8 Å². The molecule has 0 fully saturated rings. The van der Waals surface area contributed by atoms with Crippen molar-refractivity contribution in [2.24, 2.45) is 0 Å². The number of hydrogen-bond acceptors (Lipinski definition) is 11. The van der Waals surface area contributed by atoms with Crippen molar-refractivity contribution in [2.75, 3.05) is 26.4 Å². The molecule has 0 spiro atoms. The summed E-state index contributed by atoms with van der Waals surface area (Å²) in [6, 6.07) is 6.80. The van der Waals surface area contributed by atoms with Gasteiger partial charge in [-0.05, 0) is 50.2 Å². The highest BCUT2D eigenvalue weighted by Gasteiger charge is 2.22. The van der Waals surface area contributed by atoms with E-state index >= 15 is 0 Å². The number of carbonyl (C=O) groups excluding carboxylic acids is 4. The van der Waals surface area contributed by atoms with Crippen LogP contribution in [0.5, 0.6) is 11.5 Å². The molecule has 2 N–H and O–H groups in total. The number of rotatable bonds is 14. The van der Waals surface area contributed by atoms with Gasteiger partial charge in [0.25, 0.3) is 0 Å². The molecule has 0 unspecified atom stereocenters. The van der Waals surface area contributed by atoms with Gasteiger partial charge in [0.2, 0.25) is 0 Å². The number of ether oxygens (including phenoxy) is 5. The molecule has 0 atom stereocenters. The Morgan fingerprint density at radius 1 is 0.585 bits per heavy atom. The summed E-state index contributed by atoms with van der Waals surface area (Å²) in [7, 11) is 0. The molecule has 0 bridgehead atoms. The van der Waals surface area contributed by atoms with Crippen molar-refractivity contribution >= 4 is 35.8 Å². The van der Waals surface area contributed by atoms with Crippen LogP contribution in [0.25, 0.3) is 0 Å². The van der Waals surface area contributed by atoms with E-state index in [1.54, 1.807) is 0 Å². The van der Waals surface area contributed by atoms with E-state index < -0.39 is 46.9 Å². The summed E-state index contributed by atoms with van der Waals surface area (Å²) in [6.07, 6.45) is 0. The van der Waals surface area contributed by atoms with E-state index in [9.17, 15) is 39.0 Å². The molecule has 2 aromatic carbocycles. The largest absolute Gasteiger partial charge is 0.478 e. The minimum Gasteiger partial charge on any atom is -0.478 e. The molecule has 0 radical (unpaired) electrons. The lowest BCUT2D eigenvalue weighted by Gasteiger charge is -2.12. The lowest BCUT2D eigenvalue weighted by molar-refractivity contribution is -0.140. The highest BCUT2D eigenvalue weighted by Crippen LogP contribution is 2.27. The minimum absolute atomic E-state index is 0.0691. The van der Waals surface area contributed by atoms with Gasteiger partial charge in [0.15, 0.2) is 0 Å². The zero-order valence-electron chi connectivity index (χ0n) is 22.1. The van der Waals surface area contributed by atoms with E-state index in [0.717, 1.165) is 24.3 Å². The summed E-state index contributed by atoms with van der Waals surface area (Å²) >= 11 is 0. The molecule has 41 heavy (non-hydrogen) atoms. The molecular formula is C28H26O13. The highest BCUT2D eigenvalue weighted by atomic mass is 16.6. The molecule has 0 aliphatic carbocycles. The summed E-state index contributed by atoms with van der Waals surface area (Å²) in [5, 5.41) is 19.1. The maximum absolute atomic E-state index is 12.4. The lowest BCUT2D eigenvalue weighted by Crippen LogP contribution is -2.16. The maximum Gasteiger partial charge on any atom is 0.339 e. The van der Waals surface area contributed by atoms with Gasteiger partial charge in [-0.3, -0.25) is 0 Å². The second-order valence-corrected chi connectivity index (χ2v) is 8.23. The Bertz CT molecular complexity index is 1300. The average molecular weight is 571 g/mol. The van der Waals surface area contributed by atoms with Crippen molar-refractivity contribution < 1.29 is 62.7 Å². The van der Waals surface area contributed by atoms with E-state index in [1.165, 1.54) is 26.0 Å². The van der Waals surface area contributed by atoms with Crippen LogP contribution >= 0.6 is 0 Å². The number of esters is 4. The fourth-order valence-corrected chi connectivity index (χ4v) is 2.96. The van der Waals surface area contributed by atoms with Crippen molar-refractivity contribution in [1.82, 2.24) is 0 Å². The van der Waals surface area contributed by atoms with Gasteiger partial charge in [-0.2, -0.15) is 0 Å². The number of aromatic carboxylic acids is 2. The molecule has 0 heterocycles. The van der Waals surface area contributed by atoms with Gasteiger partial charge in [0, 0.05) is 11.1 Å². The molecule has 0 saturated carbocycles. The number of carbonyl (C=O) groups is 6. The van der Waals surface area contributed by atoms with Gasteiger partial charge in [0.05, 0.1) is 22.3 Å². The van der Waals surface area contributed by atoms with Crippen LogP contribution in [0.3, 0.4) is 0 Å². The van der Waals surface area contributed by atoms with Crippen LogP contribution in [0.1, 0.15) is 55.3 Å². The fourth-order valence-electron chi connectivity index (χ4n) is 2.96. The topological polar surface area (TPSA) is 189 Å². The third-order valence-corrected chi connectivity index (χ3v) is 4.91. The molecule has 2 rings (SSSR count). The first-order valence-corrected chi connectivity index (χ1v) is 11.7. The van der Waals surface area contributed by atoms with E-state index in [2.05, 4.69) is 13.2 Å². The predicted octanol–water partition coefficient (Wildman–Crippen LogP) is 3.43. The van der Waals surface area contributed by atoms with Crippen LogP contribution in [0, 0.1) is 0 Å². The molecule has 2 aromatic rings. The summed E-state index contributed by atoms with van der Waals surface area (Å²) in [5.41, 5.74) is -1.26.